The summed E-state index contributed by atoms with van der Waals surface area (Å²) in [6.45, 7) is 1.38. The van der Waals surface area contributed by atoms with Crippen LogP contribution in [0.3, 0.4) is 0 Å². The molecule has 1 aliphatic heterocycles. The van der Waals surface area contributed by atoms with Crippen molar-refractivity contribution in [1.29, 1.82) is 0 Å². The number of aliphatic hydroxyl groups excluding tert-OH is 2. The van der Waals surface area contributed by atoms with Crippen molar-refractivity contribution in [2.45, 2.75) is 31.7 Å². The lowest BCUT2D eigenvalue weighted by atomic mass is 10.0. The molecule has 1 aliphatic rings. The van der Waals surface area contributed by atoms with Gasteiger partial charge in [-0.25, -0.2) is 4.39 Å². The van der Waals surface area contributed by atoms with Gasteiger partial charge in [0.2, 0.25) is 0 Å². The zero-order valence-corrected chi connectivity index (χ0v) is 12.3. The zero-order chi connectivity index (χ0) is 15.5. The summed E-state index contributed by atoms with van der Waals surface area (Å²) in [6, 6.07) is 14.4. The predicted octanol–water partition coefficient (Wildman–Crippen LogP) is 2.63. The topological polar surface area (TPSA) is 43.7 Å². The first kappa shape index (κ1) is 15.2. The number of hydrogen-bond acceptors (Lipinski definition) is 3. The van der Waals surface area contributed by atoms with E-state index in [9.17, 15) is 9.50 Å². The van der Waals surface area contributed by atoms with E-state index in [-0.39, 0.29) is 24.6 Å². The van der Waals surface area contributed by atoms with Crippen molar-refractivity contribution in [2.24, 2.45) is 0 Å². The molecule has 2 aromatic carbocycles. The molecule has 1 heterocycles. The van der Waals surface area contributed by atoms with Crippen LogP contribution < -0.4 is 0 Å². The molecule has 116 valence electrons. The van der Waals surface area contributed by atoms with E-state index in [1.807, 2.05) is 24.3 Å². The Hall–Kier alpha value is -1.75. The van der Waals surface area contributed by atoms with Crippen molar-refractivity contribution in [2.75, 3.05) is 6.54 Å². The fourth-order valence-corrected chi connectivity index (χ4v) is 3.07. The van der Waals surface area contributed by atoms with Crippen molar-refractivity contribution >= 4 is 0 Å². The Bertz CT molecular complexity index is 612. The first-order chi connectivity index (χ1) is 10.7. The average Bonchev–Trinajstić information content (AvgIpc) is 2.89. The van der Waals surface area contributed by atoms with Crippen LogP contribution in [0.15, 0.2) is 48.5 Å². The van der Waals surface area contributed by atoms with Crippen LogP contribution in [0.4, 0.5) is 4.39 Å². The van der Waals surface area contributed by atoms with Gasteiger partial charge in [0.05, 0.1) is 12.7 Å². The number of rotatable bonds is 4. The van der Waals surface area contributed by atoms with Gasteiger partial charge < -0.3 is 10.2 Å². The van der Waals surface area contributed by atoms with Gasteiger partial charge >= 0.3 is 0 Å². The van der Waals surface area contributed by atoms with E-state index in [4.69, 9.17) is 5.11 Å². The normalized spacial score (nSPS) is 22.1. The molecule has 0 aromatic heterocycles. The van der Waals surface area contributed by atoms with Gasteiger partial charge in [-0.2, -0.15) is 0 Å². The Kier molecular flexibility index (Phi) is 4.52. The molecule has 2 aromatic rings. The van der Waals surface area contributed by atoms with Crippen LogP contribution in [0.1, 0.15) is 29.2 Å². The van der Waals surface area contributed by atoms with Crippen LogP contribution in [0.25, 0.3) is 0 Å². The summed E-state index contributed by atoms with van der Waals surface area (Å²) in [4.78, 5) is 2.21. The summed E-state index contributed by atoms with van der Waals surface area (Å²) in [5, 5.41) is 19.1. The van der Waals surface area contributed by atoms with Crippen molar-refractivity contribution in [3.8, 4) is 0 Å². The van der Waals surface area contributed by atoms with Crippen molar-refractivity contribution in [3.05, 3.63) is 71.0 Å². The third kappa shape index (κ3) is 3.35. The van der Waals surface area contributed by atoms with Crippen LogP contribution in [0, 0.1) is 5.82 Å². The van der Waals surface area contributed by atoms with E-state index in [1.165, 1.54) is 12.1 Å². The Balaban J connectivity index is 1.76. The Morgan fingerprint density at radius 3 is 2.27 bits per heavy atom. The molecular weight excluding hydrogens is 281 g/mol. The number of benzene rings is 2. The molecule has 22 heavy (non-hydrogen) atoms. The highest BCUT2D eigenvalue weighted by Crippen LogP contribution is 2.33. The molecule has 3 nitrogen and oxygen atoms in total. The fourth-order valence-electron chi connectivity index (χ4n) is 3.07. The molecule has 1 fully saturated rings. The minimum absolute atomic E-state index is 0.0426. The van der Waals surface area contributed by atoms with E-state index >= 15 is 0 Å². The predicted molar refractivity (Wildman–Crippen MR) is 82.5 cm³/mol. The molecule has 1 saturated heterocycles. The number of likely N-dealkylation sites (tertiary alicyclic amines) is 1. The number of hydrogen-bond donors (Lipinski definition) is 2. The second-order valence-electron chi connectivity index (χ2n) is 5.86. The highest BCUT2D eigenvalue weighted by molar-refractivity contribution is 5.24. The molecule has 3 rings (SSSR count). The summed E-state index contributed by atoms with van der Waals surface area (Å²) in [7, 11) is 0. The zero-order valence-electron chi connectivity index (χ0n) is 12.3. The maximum Gasteiger partial charge on any atom is 0.123 e. The highest BCUT2D eigenvalue weighted by atomic mass is 19.1. The molecule has 0 radical (unpaired) electrons. The van der Waals surface area contributed by atoms with Crippen LogP contribution in [0.2, 0.25) is 0 Å². The number of aliphatic hydroxyl groups is 2. The summed E-state index contributed by atoms with van der Waals surface area (Å²) in [6.07, 6.45) is 0.312. The van der Waals surface area contributed by atoms with Crippen molar-refractivity contribution in [3.63, 3.8) is 0 Å². The molecular formula is C18H20FNO2. The maximum atomic E-state index is 13.1. The van der Waals surface area contributed by atoms with E-state index < -0.39 is 0 Å². The molecule has 0 aliphatic carbocycles. The van der Waals surface area contributed by atoms with Gasteiger partial charge in [-0.15, -0.1) is 0 Å². The minimum atomic E-state index is -0.355. The van der Waals surface area contributed by atoms with Gasteiger partial charge in [0, 0.05) is 19.1 Å². The second kappa shape index (κ2) is 6.57. The van der Waals surface area contributed by atoms with E-state index in [2.05, 4.69) is 4.90 Å². The number of β-amino-alcohol motifs (C(OH)–C–C–N with tert-alkyl or cyclic N) is 1. The molecule has 0 saturated carbocycles. The van der Waals surface area contributed by atoms with Gasteiger partial charge in [-0.3, -0.25) is 4.90 Å². The van der Waals surface area contributed by atoms with Crippen molar-refractivity contribution < 1.29 is 14.6 Å². The smallest absolute Gasteiger partial charge is 0.123 e. The maximum absolute atomic E-state index is 13.1. The van der Waals surface area contributed by atoms with E-state index in [0.29, 0.717) is 13.0 Å². The number of halogens is 1. The second-order valence-corrected chi connectivity index (χ2v) is 5.86. The third-order valence-corrected chi connectivity index (χ3v) is 4.23. The minimum Gasteiger partial charge on any atom is -0.392 e. The SMILES string of the molecule is OCc1ccc(CN2C[C@H](O)C[C@H]2c2ccc(F)cc2)cc1. The van der Waals surface area contributed by atoms with E-state index in [0.717, 1.165) is 23.2 Å². The first-order valence-electron chi connectivity index (χ1n) is 7.52. The van der Waals surface area contributed by atoms with Gasteiger partial charge in [0.25, 0.3) is 0 Å². The van der Waals surface area contributed by atoms with Gasteiger partial charge in [-0.05, 0) is 35.2 Å². The van der Waals surface area contributed by atoms with Gasteiger partial charge in [0.15, 0.2) is 0 Å². The molecule has 0 spiro atoms. The molecule has 0 bridgehead atoms. The molecule has 4 heteroatoms. The molecule has 2 N–H and O–H groups in total. The third-order valence-electron chi connectivity index (χ3n) is 4.23. The summed E-state index contributed by atoms with van der Waals surface area (Å²) < 4.78 is 13.1. The summed E-state index contributed by atoms with van der Waals surface area (Å²) in [5.74, 6) is -0.242. The quantitative estimate of drug-likeness (QED) is 0.912. The monoisotopic (exact) mass is 301 g/mol. The number of nitrogens with zero attached hydrogens (tertiary/aromatic N) is 1. The van der Waals surface area contributed by atoms with Crippen molar-refractivity contribution in [1.82, 2.24) is 4.90 Å². The average molecular weight is 301 g/mol. The standard InChI is InChI=1S/C18H20FNO2/c19-16-7-5-15(6-8-16)18-9-17(22)11-20(18)10-13-1-3-14(12-21)4-2-13/h1-8,17-18,21-22H,9-12H2/t17-,18+/m1/s1. The van der Waals surface area contributed by atoms with Crippen LogP contribution in [-0.4, -0.2) is 27.8 Å². The molecule has 2 atom stereocenters. The Morgan fingerprint density at radius 1 is 1.00 bits per heavy atom. The van der Waals surface area contributed by atoms with Crippen LogP contribution in [-0.2, 0) is 13.2 Å². The fraction of sp³-hybridized carbons (Fsp3) is 0.333. The summed E-state index contributed by atoms with van der Waals surface area (Å²) >= 11 is 0. The van der Waals surface area contributed by atoms with Gasteiger partial charge in [0.1, 0.15) is 5.82 Å². The van der Waals surface area contributed by atoms with Gasteiger partial charge in [-0.1, -0.05) is 36.4 Å². The highest BCUT2D eigenvalue weighted by Gasteiger charge is 2.31. The van der Waals surface area contributed by atoms with Crippen LogP contribution >= 0.6 is 0 Å². The molecule has 0 amide bonds. The first-order valence-corrected chi connectivity index (χ1v) is 7.52. The summed E-state index contributed by atoms with van der Waals surface area (Å²) in [5.41, 5.74) is 3.06. The Labute approximate surface area is 129 Å². The van der Waals surface area contributed by atoms with E-state index in [1.54, 1.807) is 12.1 Å². The lowest BCUT2D eigenvalue weighted by molar-refractivity contribution is 0.172. The molecule has 0 unspecified atom stereocenters. The van der Waals surface area contributed by atoms with Crippen LogP contribution in [0.5, 0.6) is 0 Å². The Morgan fingerprint density at radius 2 is 1.64 bits per heavy atom. The lowest BCUT2D eigenvalue weighted by Gasteiger charge is -2.24. The lowest BCUT2D eigenvalue weighted by Crippen LogP contribution is -2.24. The largest absolute Gasteiger partial charge is 0.392 e.